The fourth-order valence-electron chi connectivity index (χ4n) is 7.59. The van der Waals surface area contributed by atoms with Crippen LogP contribution >= 0.6 is 23.2 Å². The van der Waals surface area contributed by atoms with Crippen molar-refractivity contribution in [2.45, 2.75) is 27.7 Å². The Bertz CT molecular complexity index is 2300. The van der Waals surface area contributed by atoms with Gasteiger partial charge in [-0.25, -0.2) is 0 Å². The molecule has 0 saturated carbocycles. The van der Waals surface area contributed by atoms with E-state index < -0.39 is 136 Å². The Morgan fingerprint density at radius 2 is 0.919 bits per heavy atom. The second-order valence-corrected chi connectivity index (χ2v) is 22.0. The third-order valence-corrected chi connectivity index (χ3v) is 18.4. The molecule has 3 nitrogen and oxygen atoms in total. The van der Waals surface area contributed by atoms with E-state index in [1.54, 1.807) is 27.7 Å². The SMILES string of the molecule is CC(C)C[N]1C2=CC=CC=CC2=[N+](CC(C)C)[Ge@@]1([O][B-](c1c(F)c(F)c(F)c(F)c1F)(c1c(F)c(F)c(F)c(F)c1F)c1c(F)c(F)c(F)c(F)c1F)[c]1ccccc1.ClCCl. The van der Waals surface area contributed by atoms with Crippen molar-refractivity contribution in [2.75, 3.05) is 18.4 Å². The minimum absolute atomic E-state index is 0.102. The van der Waals surface area contributed by atoms with Gasteiger partial charge in [0.25, 0.3) is 0 Å². The van der Waals surface area contributed by atoms with Crippen LogP contribution in [0.15, 0.2) is 66.4 Å². The van der Waals surface area contributed by atoms with E-state index in [4.69, 9.17) is 26.9 Å². The van der Waals surface area contributed by atoms with Gasteiger partial charge in [0.15, 0.2) is 0 Å². The molecule has 1 aliphatic carbocycles. The van der Waals surface area contributed by atoms with Crippen molar-refractivity contribution in [1.29, 1.82) is 0 Å². The Morgan fingerprint density at radius 3 is 1.27 bits per heavy atom. The Hall–Kier alpha value is -4.33. The first-order valence-corrected chi connectivity index (χ1v) is 23.0. The van der Waals surface area contributed by atoms with E-state index >= 15 is 52.7 Å². The number of fused-ring (bicyclic) bond motifs is 1. The zero-order valence-corrected chi connectivity index (χ0v) is 36.0. The van der Waals surface area contributed by atoms with Crippen LogP contribution in [0, 0.1) is 99.1 Å². The molecule has 0 bridgehead atoms. The van der Waals surface area contributed by atoms with E-state index in [2.05, 4.69) is 0 Å². The van der Waals surface area contributed by atoms with E-state index in [1.165, 1.54) is 68.1 Å². The summed E-state index contributed by atoms with van der Waals surface area (Å²) in [5, 5.41) is 0.194. The minimum Gasteiger partial charge on any atom is -0.109 e. The maximum Gasteiger partial charge on any atom is 0.0967 e. The van der Waals surface area contributed by atoms with Crippen LogP contribution in [0.4, 0.5) is 65.9 Å². The van der Waals surface area contributed by atoms with Gasteiger partial charge in [-0.1, -0.05) is 0 Å². The van der Waals surface area contributed by atoms with E-state index in [-0.39, 0.29) is 34.2 Å². The summed E-state index contributed by atoms with van der Waals surface area (Å²) < 4.78 is 247. The molecule has 0 amide bonds. The van der Waals surface area contributed by atoms with E-state index in [0.717, 1.165) is 0 Å². The maximum absolute atomic E-state index is 16.7. The molecular formula is C40H30BCl2F15GeN2O. The fourth-order valence-corrected chi connectivity index (χ4v) is 18.2. The van der Waals surface area contributed by atoms with Crippen LogP contribution in [-0.4, -0.2) is 51.9 Å². The molecule has 4 aromatic carbocycles. The quantitative estimate of drug-likeness (QED) is 0.0519. The molecule has 332 valence electrons. The molecule has 0 aromatic heterocycles. The molecule has 22 heteroatoms. The summed E-state index contributed by atoms with van der Waals surface area (Å²) >= 11 is 3.14. The summed E-state index contributed by atoms with van der Waals surface area (Å²) in [4.78, 5) is 0. The topological polar surface area (TPSA) is 15.5 Å². The van der Waals surface area contributed by atoms with Crippen LogP contribution in [0.1, 0.15) is 27.7 Å². The zero-order valence-electron chi connectivity index (χ0n) is 32.4. The van der Waals surface area contributed by atoms with Crippen molar-refractivity contribution in [3.05, 3.63) is 154 Å². The van der Waals surface area contributed by atoms with Gasteiger partial charge in [-0.2, -0.15) is 0 Å². The third-order valence-electron chi connectivity index (χ3n) is 9.84. The molecule has 2 aliphatic rings. The summed E-state index contributed by atoms with van der Waals surface area (Å²) in [6.07, 6.45) is 0.937. The number of allylic oxidation sites excluding steroid dienone is 5. The molecular weight excluding hydrogens is 964 g/mol. The second kappa shape index (κ2) is 18.8. The van der Waals surface area contributed by atoms with Gasteiger partial charge in [-0.05, 0) is 0 Å². The first kappa shape index (κ1) is 48.7. The Balaban J connectivity index is 0.00000235. The van der Waals surface area contributed by atoms with Crippen molar-refractivity contribution in [2.24, 2.45) is 11.8 Å². The zero-order chi connectivity index (χ0) is 46.3. The van der Waals surface area contributed by atoms with Gasteiger partial charge in [0.2, 0.25) is 0 Å². The van der Waals surface area contributed by atoms with Crippen LogP contribution < -0.4 is 20.8 Å². The second-order valence-electron chi connectivity index (χ2n) is 14.6. The molecule has 0 fully saturated rings. The number of benzene rings is 4. The first-order chi connectivity index (χ1) is 29.1. The van der Waals surface area contributed by atoms with Crippen LogP contribution in [-0.2, 0) is 3.68 Å². The monoisotopic (exact) mass is 994 g/mol. The Kier molecular flexibility index (Phi) is 14.8. The van der Waals surface area contributed by atoms with E-state index in [9.17, 15) is 13.2 Å². The summed E-state index contributed by atoms with van der Waals surface area (Å²) in [7, 11) is 0. The van der Waals surface area contributed by atoms with Crippen molar-refractivity contribution in [3.63, 3.8) is 0 Å². The molecule has 6 rings (SSSR count). The predicted octanol–water partition coefficient (Wildman–Crippen LogP) is 9.12. The third kappa shape index (κ3) is 7.84. The van der Waals surface area contributed by atoms with E-state index in [1.807, 2.05) is 0 Å². The number of hydrogen-bond acceptors (Lipinski definition) is 2. The molecule has 0 saturated heterocycles. The predicted molar refractivity (Wildman–Crippen MR) is 206 cm³/mol. The van der Waals surface area contributed by atoms with Gasteiger partial charge in [0, 0.05) is 0 Å². The van der Waals surface area contributed by atoms with Crippen molar-refractivity contribution in [1.82, 2.24) is 3.86 Å². The molecule has 4 aromatic rings. The van der Waals surface area contributed by atoms with Crippen LogP contribution in [0.25, 0.3) is 0 Å². The molecule has 1 atom stereocenters. The smallest absolute Gasteiger partial charge is 0.0967 e. The largest absolute Gasteiger partial charge is 0.109 e. The number of rotatable bonds is 10. The Labute approximate surface area is 357 Å². The van der Waals surface area contributed by atoms with Gasteiger partial charge in [-0.3, -0.25) is 0 Å². The minimum atomic E-state index is -6.39. The fraction of sp³-hybridized carbons (Fsp3) is 0.225. The van der Waals surface area contributed by atoms with Crippen molar-refractivity contribution >= 4 is 70.1 Å². The molecule has 62 heavy (non-hydrogen) atoms. The number of alkyl halides is 2. The summed E-state index contributed by atoms with van der Waals surface area (Å²) in [5.41, 5.74) is -8.24. The normalized spacial score (nSPS) is 16.3. The summed E-state index contributed by atoms with van der Waals surface area (Å²) in [5.74, 6) is -47.5. The molecule has 1 heterocycles. The number of halogens is 17. The average Bonchev–Trinajstić information content (AvgIpc) is 3.35. The maximum atomic E-state index is 16.7. The molecule has 1 aliphatic heterocycles. The van der Waals surface area contributed by atoms with E-state index in [0.29, 0.717) is 0 Å². The average molecular weight is 994 g/mol. The van der Waals surface area contributed by atoms with Crippen LogP contribution in [0.3, 0.4) is 0 Å². The standard InChI is InChI=1S/C39H28BF15GeN2O.CH2Cl2/c1-17(2)15-57-20-13-9-6-10-14-21(20)58(16-18(3)4)56(57,19-11-7-5-8-12-19)59-40(22-25(41)31(47)37(53)32(48)26(22)42,23-27(43)33(49)38(54)34(50)28(23)44)24-29(45)35(51)39(55)36(52)30(24)46;2-1-3/h5-14,17-18H,15-16H2,1-4H3;1H2. The van der Waals surface area contributed by atoms with Crippen molar-refractivity contribution < 1.29 is 73.1 Å². The van der Waals surface area contributed by atoms with Gasteiger partial charge in [-0.15, -0.1) is 23.2 Å². The molecule has 0 radical (unpaired) electrons. The molecule has 0 N–H and O–H groups in total. The molecule has 0 unspecified atom stereocenters. The van der Waals surface area contributed by atoms with Crippen molar-refractivity contribution in [3.8, 4) is 0 Å². The summed E-state index contributed by atoms with van der Waals surface area (Å²) in [6, 6.07) is 6.46. The van der Waals surface area contributed by atoms with Crippen LogP contribution in [0.5, 0.6) is 0 Å². The van der Waals surface area contributed by atoms with Gasteiger partial charge < -0.3 is 0 Å². The molecule has 0 spiro atoms. The van der Waals surface area contributed by atoms with Gasteiger partial charge >= 0.3 is 330 Å². The van der Waals surface area contributed by atoms with Crippen LogP contribution in [0.2, 0.25) is 0 Å². The summed E-state index contributed by atoms with van der Waals surface area (Å²) in [6.45, 7) is 5.81. The number of nitrogens with zero attached hydrogens (tertiary/aromatic N) is 2. The van der Waals surface area contributed by atoms with Gasteiger partial charge in [0.05, 0.1) is 5.34 Å². The van der Waals surface area contributed by atoms with Gasteiger partial charge in [0.1, 0.15) is 0 Å². The Morgan fingerprint density at radius 1 is 0.548 bits per heavy atom. The first-order valence-electron chi connectivity index (χ1n) is 18.1. The number of hydrogen-bond donors (Lipinski definition) is 0.